The lowest BCUT2D eigenvalue weighted by atomic mass is 10.00. The van der Waals surface area contributed by atoms with Gasteiger partial charge in [-0.25, -0.2) is 8.78 Å². The fourth-order valence-electron chi connectivity index (χ4n) is 1.78. The number of rotatable bonds is 1. The van der Waals surface area contributed by atoms with Crippen molar-refractivity contribution in [3.8, 4) is 11.1 Å². The van der Waals surface area contributed by atoms with E-state index in [0.29, 0.717) is 11.3 Å². The number of nitrogens with two attached hydrogens (primary N) is 1. The van der Waals surface area contributed by atoms with Crippen molar-refractivity contribution in [2.75, 3.05) is 5.73 Å². The van der Waals surface area contributed by atoms with Crippen molar-refractivity contribution in [1.82, 2.24) is 0 Å². The second-order valence-corrected chi connectivity index (χ2v) is 4.17. The molecule has 0 aliphatic heterocycles. The van der Waals surface area contributed by atoms with Gasteiger partial charge in [-0.1, -0.05) is 12.1 Å². The molecule has 17 heavy (non-hydrogen) atoms. The highest BCUT2D eigenvalue weighted by Gasteiger charge is 2.11. The van der Waals surface area contributed by atoms with Crippen LogP contribution in [0, 0.1) is 25.5 Å². The molecule has 0 saturated heterocycles. The molecule has 0 aromatic heterocycles. The topological polar surface area (TPSA) is 26.0 Å². The van der Waals surface area contributed by atoms with Crippen LogP contribution in [0.3, 0.4) is 0 Å². The molecule has 3 heteroatoms. The monoisotopic (exact) mass is 233 g/mol. The van der Waals surface area contributed by atoms with Gasteiger partial charge in [0.25, 0.3) is 0 Å². The number of aryl methyl sites for hydroxylation is 2. The smallest absolute Gasteiger partial charge is 0.131 e. The van der Waals surface area contributed by atoms with Crippen molar-refractivity contribution in [3.05, 3.63) is 53.1 Å². The Labute approximate surface area is 98.9 Å². The van der Waals surface area contributed by atoms with Crippen molar-refractivity contribution in [2.45, 2.75) is 13.8 Å². The Morgan fingerprint density at radius 2 is 1.59 bits per heavy atom. The lowest BCUT2D eigenvalue weighted by Crippen LogP contribution is -1.95. The Hall–Kier alpha value is -1.90. The molecule has 0 aliphatic carbocycles. The van der Waals surface area contributed by atoms with Gasteiger partial charge in [0.1, 0.15) is 11.6 Å². The quantitative estimate of drug-likeness (QED) is 0.744. The van der Waals surface area contributed by atoms with Crippen LogP contribution >= 0.6 is 0 Å². The van der Waals surface area contributed by atoms with E-state index in [4.69, 9.17) is 5.73 Å². The second kappa shape index (κ2) is 4.17. The van der Waals surface area contributed by atoms with Gasteiger partial charge in [0.15, 0.2) is 0 Å². The van der Waals surface area contributed by atoms with Gasteiger partial charge in [0, 0.05) is 16.8 Å². The molecule has 0 radical (unpaired) electrons. The SMILES string of the molecule is Cc1ccc(-c2cc(F)c(C)cc2F)c(N)c1. The third kappa shape index (κ3) is 2.13. The molecule has 88 valence electrons. The zero-order valence-electron chi connectivity index (χ0n) is 9.72. The van der Waals surface area contributed by atoms with E-state index in [1.807, 2.05) is 13.0 Å². The van der Waals surface area contributed by atoms with Crippen molar-refractivity contribution in [2.24, 2.45) is 0 Å². The fourth-order valence-corrected chi connectivity index (χ4v) is 1.78. The van der Waals surface area contributed by atoms with Gasteiger partial charge in [0.05, 0.1) is 0 Å². The van der Waals surface area contributed by atoms with Crippen molar-refractivity contribution in [3.63, 3.8) is 0 Å². The summed E-state index contributed by atoms with van der Waals surface area (Å²) in [5.41, 5.74) is 8.27. The number of hydrogen-bond donors (Lipinski definition) is 1. The Balaban J connectivity index is 2.64. The first-order chi connectivity index (χ1) is 7.99. The number of halogens is 2. The average Bonchev–Trinajstić information content (AvgIpc) is 2.24. The van der Waals surface area contributed by atoms with E-state index in [9.17, 15) is 8.78 Å². The minimum absolute atomic E-state index is 0.200. The van der Waals surface area contributed by atoms with Crippen LogP contribution in [0.15, 0.2) is 30.3 Å². The van der Waals surface area contributed by atoms with Crippen LogP contribution in [0.25, 0.3) is 11.1 Å². The van der Waals surface area contributed by atoms with E-state index in [1.165, 1.54) is 19.1 Å². The van der Waals surface area contributed by atoms with Crippen molar-refractivity contribution < 1.29 is 8.78 Å². The summed E-state index contributed by atoms with van der Waals surface area (Å²) in [6, 6.07) is 7.64. The number of anilines is 1. The van der Waals surface area contributed by atoms with E-state index >= 15 is 0 Å². The summed E-state index contributed by atoms with van der Waals surface area (Å²) in [7, 11) is 0. The first-order valence-corrected chi connectivity index (χ1v) is 5.31. The van der Waals surface area contributed by atoms with Crippen molar-refractivity contribution >= 4 is 5.69 Å². The van der Waals surface area contributed by atoms with E-state index in [0.717, 1.165) is 5.56 Å². The zero-order chi connectivity index (χ0) is 12.6. The molecule has 0 unspecified atom stereocenters. The molecule has 2 aromatic carbocycles. The molecule has 1 nitrogen and oxygen atoms in total. The summed E-state index contributed by atoms with van der Waals surface area (Å²) in [6.07, 6.45) is 0. The van der Waals surface area contributed by atoms with E-state index in [2.05, 4.69) is 0 Å². The summed E-state index contributed by atoms with van der Waals surface area (Å²) in [4.78, 5) is 0. The van der Waals surface area contributed by atoms with Crippen LogP contribution in [0.5, 0.6) is 0 Å². The molecule has 0 saturated carbocycles. The lowest BCUT2D eigenvalue weighted by molar-refractivity contribution is 0.595. The molecule has 0 bridgehead atoms. The highest BCUT2D eigenvalue weighted by Crippen LogP contribution is 2.30. The van der Waals surface area contributed by atoms with Gasteiger partial charge in [0.2, 0.25) is 0 Å². The fraction of sp³-hybridized carbons (Fsp3) is 0.143. The summed E-state index contributed by atoms with van der Waals surface area (Å²) >= 11 is 0. The van der Waals surface area contributed by atoms with Crippen LogP contribution < -0.4 is 5.73 Å². The van der Waals surface area contributed by atoms with Crippen LogP contribution in [0.2, 0.25) is 0 Å². The Bertz CT molecular complexity index is 577. The average molecular weight is 233 g/mol. The van der Waals surface area contributed by atoms with Gasteiger partial charge in [-0.15, -0.1) is 0 Å². The molecular weight excluding hydrogens is 220 g/mol. The summed E-state index contributed by atoms with van der Waals surface area (Å²) < 4.78 is 27.2. The molecular formula is C14H13F2N. The molecule has 0 spiro atoms. The van der Waals surface area contributed by atoms with Gasteiger partial charge in [-0.05, 0) is 43.2 Å². The number of hydrogen-bond acceptors (Lipinski definition) is 1. The van der Waals surface area contributed by atoms with E-state index in [-0.39, 0.29) is 11.1 Å². The Kier molecular flexibility index (Phi) is 2.84. The van der Waals surface area contributed by atoms with E-state index in [1.54, 1.807) is 12.1 Å². The summed E-state index contributed by atoms with van der Waals surface area (Å²) in [5, 5.41) is 0. The largest absolute Gasteiger partial charge is 0.398 e. The van der Waals surface area contributed by atoms with Crippen molar-refractivity contribution in [1.29, 1.82) is 0 Å². The van der Waals surface area contributed by atoms with Crippen LogP contribution in [0.4, 0.5) is 14.5 Å². The number of nitrogen functional groups attached to an aromatic ring is 1. The Morgan fingerprint density at radius 3 is 2.24 bits per heavy atom. The maximum absolute atomic E-state index is 13.8. The molecule has 0 amide bonds. The molecule has 2 rings (SSSR count). The van der Waals surface area contributed by atoms with E-state index < -0.39 is 11.6 Å². The predicted molar refractivity (Wildman–Crippen MR) is 65.7 cm³/mol. The highest BCUT2D eigenvalue weighted by molar-refractivity contribution is 5.77. The lowest BCUT2D eigenvalue weighted by Gasteiger charge is -2.09. The number of benzene rings is 2. The standard InChI is InChI=1S/C14H13F2N/c1-8-3-4-10(14(17)5-8)11-7-12(15)9(2)6-13(11)16/h3-7H,17H2,1-2H3. The third-order valence-corrected chi connectivity index (χ3v) is 2.75. The summed E-state index contributed by atoms with van der Waals surface area (Å²) in [6.45, 7) is 3.42. The normalized spacial score (nSPS) is 10.6. The molecule has 0 atom stereocenters. The Morgan fingerprint density at radius 1 is 0.882 bits per heavy atom. The minimum atomic E-state index is -0.459. The van der Waals surface area contributed by atoms with Gasteiger partial charge in [-0.2, -0.15) is 0 Å². The predicted octanol–water partition coefficient (Wildman–Crippen LogP) is 3.83. The van der Waals surface area contributed by atoms with Crippen LogP contribution in [-0.2, 0) is 0 Å². The molecule has 0 fully saturated rings. The first kappa shape index (κ1) is 11.6. The third-order valence-electron chi connectivity index (χ3n) is 2.75. The second-order valence-electron chi connectivity index (χ2n) is 4.17. The van der Waals surface area contributed by atoms with Gasteiger partial charge in [-0.3, -0.25) is 0 Å². The van der Waals surface area contributed by atoms with Gasteiger partial charge >= 0.3 is 0 Å². The van der Waals surface area contributed by atoms with Crippen LogP contribution in [-0.4, -0.2) is 0 Å². The maximum Gasteiger partial charge on any atom is 0.131 e. The molecule has 2 aromatic rings. The first-order valence-electron chi connectivity index (χ1n) is 5.31. The molecule has 0 aliphatic rings. The van der Waals surface area contributed by atoms with Gasteiger partial charge < -0.3 is 5.73 Å². The maximum atomic E-state index is 13.8. The zero-order valence-corrected chi connectivity index (χ0v) is 9.72. The minimum Gasteiger partial charge on any atom is -0.398 e. The summed E-state index contributed by atoms with van der Waals surface area (Å²) in [5.74, 6) is -0.888. The molecule has 0 heterocycles. The van der Waals surface area contributed by atoms with Crippen LogP contribution in [0.1, 0.15) is 11.1 Å². The highest BCUT2D eigenvalue weighted by atomic mass is 19.1. The molecule has 2 N–H and O–H groups in total.